The Kier molecular flexibility index (Phi) is 3.65. The predicted octanol–water partition coefficient (Wildman–Crippen LogP) is 3.90. The molecule has 0 bridgehead atoms. The molecular formula is C14H9F3O3. The number of ether oxygens (including phenoxy) is 1. The van der Waals surface area contributed by atoms with Crippen molar-refractivity contribution in [2.75, 3.05) is 0 Å². The number of hydrogen-bond acceptors (Lipinski definition) is 2. The van der Waals surface area contributed by atoms with Gasteiger partial charge in [0.05, 0.1) is 5.56 Å². The van der Waals surface area contributed by atoms with Crippen molar-refractivity contribution in [1.82, 2.24) is 0 Å². The van der Waals surface area contributed by atoms with Crippen molar-refractivity contribution in [3.63, 3.8) is 0 Å². The fourth-order valence-corrected chi connectivity index (χ4v) is 1.62. The zero-order valence-corrected chi connectivity index (χ0v) is 10.3. The van der Waals surface area contributed by atoms with Gasteiger partial charge in [-0.15, -0.1) is 0 Å². The van der Waals surface area contributed by atoms with Gasteiger partial charge in [0.15, 0.2) is 17.4 Å². The third-order valence-electron chi connectivity index (χ3n) is 2.59. The minimum absolute atomic E-state index is 0.0762. The van der Waals surface area contributed by atoms with Gasteiger partial charge in [-0.25, -0.2) is 18.0 Å². The lowest BCUT2D eigenvalue weighted by Gasteiger charge is -2.11. The van der Waals surface area contributed by atoms with Gasteiger partial charge in [0.25, 0.3) is 0 Å². The third kappa shape index (κ3) is 2.74. The van der Waals surface area contributed by atoms with Crippen LogP contribution in [0.2, 0.25) is 0 Å². The molecule has 0 aliphatic heterocycles. The van der Waals surface area contributed by atoms with E-state index in [1.54, 1.807) is 0 Å². The Morgan fingerprint density at radius 2 is 1.70 bits per heavy atom. The van der Waals surface area contributed by atoms with Crippen molar-refractivity contribution >= 4 is 5.97 Å². The Balaban J connectivity index is 2.41. The molecule has 20 heavy (non-hydrogen) atoms. The Labute approximate surface area is 112 Å². The third-order valence-corrected chi connectivity index (χ3v) is 2.59. The molecule has 3 nitrogen and oxygen atoms in total. The van der Waals surface area contributed by atoms with Crippen LogP contribution in [0.3, 0.4) is 0 Å². The molecule has 0 radical (unpaired) electrons. The van der Waals surface area contributed by atoms with Gasteiger partial charge < -0.3 is 9.84 Å². The maximum absolute atomic E-state index is 13.7. The summed E-state index contributed by atoms with van der Waals surface area (Å²) in [7, 11) is 0. The van der Waals surface area contributed by atoms with Gasteiger partial charge in [-0.05, 0) is 42.8 Å². The largest absolute Gasteiger partial charge is 0.478 e. The molecule has 0 aliphatic carbocycles. The summed E-state index contributed by atoms with van der Waals surface area (Å²) >= 11 is 0. The molecule has 0 atom stereocenters. The second-order valence-electron chi connectivity index (χ2n) is 4.09. The van der Waals surface area contributed by atoms with Crippen molar-refractivity contribution < 1.29 is 27.8 Å². The zero-order valence-electron chi connectivity index (χ0n) is 10.3. The minimum Gasteiger partial charge on any atom is -0.478 e. The lowest BCUT2D eigenvalue weighted by molar-refractivity contribution is 0.0695. The second kappa shape index (κ2) is 5.24. The second-order valence-corrected chi connectivity index (χ2v) is 4.09. The Morgan fingerprint density at radius 1 is 1.10 bits per heavy atom. The molecule has 0 heterocycles. The molecule has 0 amide bonds. The number of benzene rings is 2. The fourth-order valence-electron chi connectivity index (χ4n) is 1.62. The molecule has 0 aliphatic rings. The SMILES string of the molecule is Cc1cc(F)ccc1Oc1c(F)cc(C(=O)O)cc1F. The smallest absolute Gasteiger partial charge is 0.335 e. The average molecular weight is 282 g/mol. The summed E-state index contributed by atoms with van der Waals surface area (Å²) in [5, 5.41) is 8.67. The molecule has 0 aromatic heterocycles. The van der Waals surface area contributed by atoms with E-state index in [0.717, 1.165) is 12.1 Å². The van der Waals surface area contributed by atoms with Crippen LogP contribution in [0.15, 0.2) is 30.3 Å². The standard InChI is InChI=1S/C14H9F3O3/c1-7-4-9(15)2-3-12(7)20-13-10(16)5-8(14(18)19)6-11(13)17/h2-6H,1H3,(H,18,19). The van der Waals surface area contributed by atoms with Crippen LogP contribution in [0.4, 0.5) is 13.2 Å². The molecule has 104 valence electrons. The van der Waals surface area contributed by atoms with Gasteiger partial charge in [-0.3, -0.25) is 0 Å². The number of rotatable bonds is 3. The number of carbonyl (C=O) groups is 1. The molecule has 0 fully saturated rings. The highest BCUT2D eigenvalue weighted by Gasteiger charge is 2.17. The highest BCUT2D eigenvalue weighted by atomic mass is 19.1. The number of aromatic carboxylic acids is 1. The summed E-state index contributed by atoms with van der Waals surface area (Å²) in [5.41, 5.74) is -0.172. The van der Waals surface area contributed by atoms with Crippen LogP contribution in [0.1, 0.15) is 15.9 Å². The van der Waals surface area contributed by atoms with Crippen molar-refractivity contribution in [1.29, 1.82) is 0 Å². The number of aryl methyl sites for hydroxylation is 1. The maximum Gasteiger partial charge on any atom is 0.335 e. The van der Waals surface area contributed by atoms with Crippen molar-refractivity contribution in [3.8, 4) is 11.5 Å². The van der Waals surface area contributed by atoms with E-state index in [9.17, 15) is 18.0 Å². The maximum atomic E-state index is 13.7. The predicted molar refractivity (Wildman–Crippen MR) is 64.5 cm³/mol. The number of hydrogen-bond donors (Lipinski definition) is 1. The van der Waals surface area contributed by atoms with E-state index >= 15 is 0 Å². The summed E-state index contributed by atoms with van der Waals surface area (Å²) in [6.45, 7) is 1.51. The van der Waals surface area contributed by atoms with Crippen LogP contribution in [0.25, 0.3) is 0 Å². The average Bonchev–Trinajstić information content (AvgIpc) is 2.35. The summed E-state index contributed by atoms with van der Waals surface area (Å²) in [4.78, 5) is 10.7. The molecule has 1 N–H and O–H groups in total. The topological polar surface area (TPSA) is 46.5 Å². The first kappa shape index (κ1) is 13.9. The minimum atomic E-state index is -1.45. The van der Waals surface area contributed by atoms with Crippen LogP contribution < -0.4 is 4.74 Å². The quantitative estimate of drug-likeness (QED) is 0.928. The van der Waals surface area contributed by atoms with Crippen LogP contribution in [-0.4, -0.2) is 11.1 Å². The highest BCUT2D eigenvalue weighted by molar-refractivity contribution is 5.87. The highest BCUT2D eigenvalue weighted by Crippen LogP contribution is 2.30. The molecule has 2 aromatic rings. The molecule has 0 saturated heterocycles. The Hall–Kier alpha value is -2.50. The zero-order chi connectivity index (χ0) is 14.9. The van der Waals surface area contributed by atoms with Gasteiger partial charge in [-0.2, -0.15) is 0 Å². The fraction of sp³-hybridized carbons (Fsp3) is 0.0714. The van der Waals surface area contributed by atoms with E-state index < -0.39 is 34.7 Å². The summed E-state index contributed by atoms with van der Waals surface area (Å²) in [6, 6.07) is 4.77. The van der Waals surface area contributed by atoms with Gasteiger partial charge >= 0.3 is 5.97 Å². The van der Waals surface area contributed by atoms with E-state index in [-0.39, 0.29) is 5.75 Å². The van der Waals surface area contributed by atoms with E-state index in [2.05, 4.69) is 0 Å². The van der Waals surface area contributed by atoms with Gasteiger partial charge in [0.2, 0.25) is 0 Å². The Morgan fingerprint density at radius 3 is 2.20 bits per heavy atom. The molecule has 0 unspecified atom stereocenters. The normalized spacial score (nSPS) is 10.4. The van der Waals surface area contributed by atoms with E-state index in [1.807, 2.05) is 0 Å². The van der Waals surface area contributed by atoms with E-state index in [4.69, 9.17) is 9.84 Å². The molecule has 6 heteroatoms. The van der Waals surface area contributed by atoms with Gasteiger partial charge in [-0.1, -0.05) is 0 Å². The number of halogens is 3. The molecule has 2 rings (SSSR count). The lowest BCUT2D eigenvalue weighted by atomic mass is 10.2. The summed E-state index contributed by atoms with van der Waals surface area (Å²) in [6.07, 6.45) is 0. The summed E-state index contributed by atoms with van der Waals surface area (Å²) < 4.78 is 45.3. The molecular weight excluding hydrogens is 273 g/mol. The van der Waals surface area contributed by atoms with Gasteiger partial charge in [0, 0.05) is 0 Å². The molecule has 0 spiro atoms. The first-order valence-corrected chi connectivity index (χ1v) is 5.55. The number of carboxylic acids is 1. The Bertz CT molecular complexity index is 660. The number of carboxylic acid groups (broad SMARTS) is 1. The molecule has 0 saturated carbocycles. The van der Waals surface area contributed by atoms with E-state index in [0.29, 0.717) is 17.7 Å². The van der Waals surface area contributed by atoms with Crippen LogP contribution in [0.5, 0.6) is 11.5 Å². The first-order valence-electron chi connectivity index (χ1n) is 5.55. The van der Waals surface area contributed by atoms with Crippen molar-refractivity contribution in [3.05, 3.63) is 58.9 Å². The summed E-state index contributed by atoms with van der Waals surface area (Å²) in [5.74, 6) is -4.90. The molecule has 2 aromatic carbocycles. The first-order chi connectivity index (χ1) is 9.38. The monoisotopic (exact) mass is 282 g/mol. The van der Waals surface area contributed by atoms with Crippen LogP contribution >= 0.6 is 0 Å². The van der Waals surface area contributed by atoms with Crippen molar-refractivity contribution in [2.45, 2.75) is 6.92 Å². The van der Waals surface area contributed by atoms with E-state index in [1.165, 1.54) is 13.0 Å². The lowest BCUT2D eigenvalue weighted by Crippen LogP contribution is -2.01. The van der Waals surface area contributed by atoms with Crippen molar-refractivity contribution in [2.24, 2.45) is 0 Å². The van der Waals surface area contributed by atoms with Gasteiger partial charge in [0.1, 0.15) is 11.6 Å². The van der Waals surface area contributed by atoms with Crippen LogP contribution in [-0.2, 0) is 0 Å². The van der Waals surface area contributed by atoms with Crippen LogP contribution in [0, 0.1) is 24.4 Å².